The molecule has 0 bridgehead atoms. The SMILES string of the molecule is CCCc1noc(COc2cc(CC)sc2C(=O)O)n1. The van der Waals surface area contributed by atoms with E-state index in [1.165, 1.54) is 11.3 Å². The van der Waals surface area contributed by atoms with Crippen LogP contribution in [0.2, 0.25) is 0 Å². The van der Waals surface area contributed by atoms with Crippen LogP contribution in [0.15, 0.2) is 10.6 Å². The predicted molar refractivity (Wildman–Crippen MR) is 73.3 cm³/mol. The number of hydrogen-bond donors (Lipinski definition) is 1. The van der Waals surface area contributed by atoms with E-state index in [4.69, 9.17) is 14.4 Å². The van der Waals surface area contributed by atoms with E-state index in [1.54, 1.807) is 6.07 Å². The van der Waals surface area contributed by atoms with Crippen molar-refractivity contribution in [2.75, 3.05) is 0 Å². The second-order valence-electron chi connectivity index (χ2n) is 4.21. The average molecular weight is 296 g/mol. The van der Waals surface area contributed by atoms with Crippen LogP contribution in [-0.4, -0.2) is 21.2 Å². The Morgan fingerprint density at radius 3 is 2.95 bits per heavy atom. The van der Waals surface area contributed by atoms with E-state index in [0.29, 0.717) is 17.5 Å². The van der Waals surface area contributed by atoms with Gasteiger partial charge in [0.1, 0.15) is 5.75 Å². The molecule has 6 nitrogen and oxygen atoms in total. The highest BCUT2D eigenvalue weighted by Crippen LogP contribution is 2.30. The number of carboxylic acid groups (broad SMARTS) is 1. The fraction of sp³-hybridized carbons (Fsp3) is 0.462. The minimum Gasteiger partial charge on any atom is -0.482 e. The standard InChI is InChI=1S/C13H16N2O4S/c1-3-5-10-14-11(19-15-10)7-18-9-6-8(4-2)20-12(9)13(16)17/h6H,3-5,7H2,1-2H3,(H,16,17). The van der Waals surface area contributed by atoms with Gasteiger partial charge in [0.05, 0.1) is 0 Å². The third-order valence-corrected chi connectivity index (χ3v) is 3.88. The number of carboxylic acids is 1. The number of thiophene rings is 1. The van der Waals surface area contributed by atoms with Crippen molar-refractivity contribution in [1.82, 2.24) is 10.1 Å². The van der Waals surface area contributed by atoms with Crippen molar-refractivity contribution < 1.29 is 19.2 Å². The Morgan fingerprint density at radius 2 is 2.30 bits per heavy atom. The lowest BCUT2D eigenvalue weighted by molar-refractivity contribution is 0.0697. The summed E-state index contributed by atoms with van der Waals surface area (Å²) in [7, 11) is 0. The summed E-state index contributed by atoms with van der Waals surface area (Å²) in [4.78, 5) is 16.5. The fourth-order valence-corrected chi connectivity index (χ4v) is 2.54. The van der Waals surface area contributed by atoms with Crippen LogP contribution < -0.4 is 4.74 Å². The Kier molecular flexibility index (Phi) is 4.73. The van der Waals surface area contributed by atoms with Gasteiger partial charge < -0.3 is 14.4 Å². The largest absolute Gasteiger partial charge is 0.482 e. The van der Waals surface area contributed by atoms with Gasteiger partial charge in [-0.05, 0) is 18.9 Å². The molecule has 2 aromatic heterocycles. The van der Waals surface area contributed by atoms with Crippen molar-refractivity contribution >= 4 is 17.3 Å². The molecule has 0 saturated carbocycles. The molecule has 2 rings (SSSR count). The molecule has 0 atom stereocenters. The van der Waals surface area contributed by atoms with Gasteiger partial charge in [-0.3, -0.25) is 0 Å². The lowest BCUT2D eigenvalue weighted by Gasteiger charge is -2.01. The summed E-state index contributed by atoms with van der Waals surface area (Å²) in [6.07, 6.45) is 2.46. The first-order valence-corrected chi connectivity index (χ1v) is 7.26. The Bertz CT molecular complexity index is 591. The Hall–Kier alpha value is -1.89. The summed E-state index contributed by atoms with van der Waals surface area (Å²) in [5.41, 5.74) is 0. The number of rotatable bonds is 7. The molecule has 0 unspecified atom stereocenters. The maximum atomic E-state index is 11.1. The van der Waals surface area contributed by atoms with Crippen molar-refractivity contribution in [2.24, 2.45) is 0 Å². The minimum atomic E-state index is -0.984. The number of carbonyl (C=O) groups is 1. The van der Waals surface area contributed by atoms with Gasteiger partial charge in [-0.1, -0.05) is 19.0 Å². The number of aryl methyl sites for hydroxylation is 2. The van der Waals surface area contributed by atoms with Crippen LogP contribution in [0.5, 0.6) is 5.75 Å². The molecular formula is C13H16N2O4S. The van der Waals surface area contributed by atoms with Crippen LogP contribution in [0.25, 0.3) is 0 Å². The third kappa shape index (κ3) is 3.36. The highest BCUT2D eigenvalue weighted by atomic mass is 32.1. The van der Waals surface area contributed by atoms with E-state index in [2.05, 4.69) is 10.1 Å². The quantitative estimate of drug-likeness (QED) is 0.845. The maximum Gasteiger partial charge on any atom is 0.349 e. The molecule has 20 heavy (non-hydrogen) atoms. The molecule has 2 aromatic rings. The maximum absolute atomic E-state index is 11.1. The van der Waals surface area contributed by atoms with E-state index < -0.39 is 5.97 Å². The van der Waals surface area contributed by atoms with E-state index >= 15 is 0 Å². The summed E-state index contributed by atoms with van der Waals surface area (Å²) in [5.74, 6) is 0.370. The summed E-state index contributed by atoms with van der Waals surface area (Å²) in [6.45, 7) is 4.08. The Balaban J connectivity index is 2.05. The third-order valence-electron chi connectivity index (χ3n) is 2.63. The molecule has 7 heteroatoms. The second kappa shape index (κ2) is 6.51. The highest BCUT2D eigenvalue weighted by molar-refractivity contribution is 7.14. The van der Waals surface area contributed by atoms with Crippen LogP contribution in [0, 0.1) is 0 Å². The Labute approximate surface area is 120 Å². The molecule has 0 aromatic carbocycles. The smallest absolute Gasteiger partial charge is 0.349 e. The Morgan fingerprint density at radius 1 is 1.50 bits per heavy atom. The summed E-state index contributed by atoms with van der Waals surface area (Å²) in [5, 5.41) is 12.9. The van der Waals surface area contributed by atoms with Gasteiger partial charge in [-0.25, -0.2) is 4.79 Å². The summed E-state index contributed by atoms with van der Waals surface area (Å²) >= 11 is 1.22. The molecule has 108 valence electrons. The molecule has 0 spiro atoms. The molecule has 0 aliphatic rings. The van der Waals surface area contributed by atoms with Gasteiger partial charge in [0.15, 0.2) is 17.3 Å². The van der Waals surface area contributed by atoms with Crippen molar-refractivity contribution in [1.29, 1.82) is 0 Å². The zero-order valence-corrected chi connectivity index (χ0v) is 12.2. The zero-order chi connectivity index (χ0) is 14.5. The minimum absolute atomic E-state index is 0.0802. The molecule has 0 amide bonds. The number of hydrogen-bond acceptors (Lipinski definition) is 6. The van der Waals surface area contributed by atoms with Crippen molar-refractivity contribution in [2.45, 2.75) is 39.7 Å². The normalized spacial score (nSPS) is 10.7. The van der Waals surface area contributed by atoms with E-state index in [0.717, 1.165) is 24.1 Å². The molecule has 0 radical (unpaired) electrons. The van der Waals surface area contributed by atoms with Gasteiger partial charge in [0.25, 0.3) is 5.89 Å². The molecule has 0 fully saturated rings. The average Bonchev–Trinajstić information content (AvgIpc) is 3.03. The lowest BCUT2D eigenvalue weighted by atomic mass is 10.3. The first kappa shape index (κ1) is 14.5. The van der Waals surface area contributed by atoms with Gasteiger partial charge in [-0.2, -0.15) is 4.98 Å². The molecule has 0 aliphatic carbocycles. The van der Waals surface area contributed by atoms with Crippen LogP contribution in [0.4, 0.5) is 0 Å². The molecule has 2 heterocycles. The number of ether oxygens (including phenoxy) is 1. The van der Waals surface area contributed by atoms with E-state index in [-0.39, 0.29) is 11.5 Å². The van der Waals surface area contributed by atoms with Gasteiger partial charge in [0, 0.05) is 11.3 Å². The monoisotopic (exact) mass is 296 g/mol. The molecular weight excluding hydrogens is 280 g/mol. The zero-order valence-electron chi connectivity index (χ0n) is 11.4. The second-order valence-corrected chi connectivity index (χ2v) is 5.34. The van der Waals surface area contributed by atoms with Crippen molar-refractivity contribution in [3.8, 4) is 5.75 Å². The lowest BCUT2D eigenvalue weighted by Crippen LogP contribution is -2.00. The summed E-state index contributed by atoms with van der Waals surface area (Å²) in [6, 6.07) is 1.75. The number of nitrogens with zero attached hydrogens (tertiary/aromatic N) is 2. The van der Waals surface area contributed by atoms with Gasteiger partial charge in [-0.15, -0.1) is 11.3 Å². The van der Waals surface area contributed by atoms with Crippen molar-refractivity contribution in [3.63, 3.8) is 0 Å². The highest BCUT2D eigenvalue weighted by Gasteiger charge is 2.17. The topological polar surface area (TPSA) is 85.5 Å². The van der Waals surface area contributed by atoms with Gasteiger partial charge >= 0.3 is 5.97 Å². The van der Waals surface area contributed by atoms with E-state index in [1.807, 2.05) is 13.8 Å². The van der Waals surface area contributed by atoms with Crippen LogP contribution in [0.1, 0.15) is 46.5 Å². The first-order valence-electron chi connectivity index (χ1n) is 6.44. The van der Waals surface area contributed by atoms with Gasteiger partial charge in [0.2, 0.25) is 0 Å². The predicted octanol–water partition coefficient (Wildman–Crippen LogP) is 2.92. The summed E-state index contributed by atoms with van der Waals surface area (Å²) < 4.78 is 10.5. The molecule has 0 saturated heterocycles. The van der Waals surface area contributed by atoms with Crippen molar-refractivity contribution in [3.05, 3.63) is 27.5 Å². The van der Waals surface area contributed by atoms with E-state index in [9.17, 15) is 4.79 Å². The number of aromatic carboxylic acids is 1. The van der Waals surface area contributed by atoms with Crippen LogP contribution >= 0.6 is 11.3 Å². The fourth-order valence-electron chi connectivity index (χ4n) is 1.67. The molecule has 1 N–H and O–H groups in total. The number of aromatic nitrogens is 2. The molecule has 0 aliphatic heterocycles. The van der Waals surface area contributed by atoms with Crippen LogP contribution in [-0.2, 0) is 19.4 Å². The van der Waals surface area contributed by atoms with Crippen LogP contribution in [0.3, 0.4) is 0 Å². The first-order chi connectivity index (χ1) is 9.63.